The molecule has 1 saturated carbocycles. The third-order valence-electron chi connectivity index (χ3n) is 5.73. The smallest absolute Gasteiger partial charge is 0.236 e. The highest BCUT2D eigenvalue weighted by Gasteiger charge is 2.40. The number of hydrogen-bond acceptors (Lipinski definition) is 9. The van der Waals surface area contributed by atoms with E-state index in [-0.39, 0.29) is 12.0 Å². The second-order valence-electron chi connectivity index (χ2n) is 7.86. The number of anilines is 1. The van der Waals surface area contributed by atoms with Crippen LogP contribution in [-0.4, -0.2) is 43.7 Å². The largest absolute Gasteiger partial charge is 0.371 e. The number of nitrogens with one attached hydrogen (secondary N) is 1. The van der Waals surface area contributed by atoms with Gasteiger partial charge in [-0.2, -0.15) is 0 Å². The Morgan fingerprint density at radius 2 is 2.24 bits per heavy atom. The SMILES string of the molecule is CC1CCC2c3c(SCC(=O)Nc4nnc(C5CCCO5)s4)ncnc3SC2C1. The van der Waals surface area contributed by atoms with Crippen molar-refractivity contribution in [2.75, 3.05) is 17.7 Å². The summed E-state index contributed by atoms with van der Waals surface area (Å²) in [4.78, 5) is 21.5. The summed E-state index contributed by atoms with van der Waals surface area (Å²) in [5.74, 6) is 1.52. The summed E-state index contributed by atoms with van der Waals surface area (Å²) in [7, 11) is 0. The second-order valence-corrected chi connectivity index (χ2v) is 11.1. The molecule has 29 heavy (non-hydrogen) atoms. The van der Waals surface area contributed by atoms with Gasteiger partial charge in [0.1, 0.15) is 27.5 Å². The van der Waals surface area contributed by atoms with E-state index in [2.05, 4.69) is 32.4 Å². The highest BCUT2D eigenvalue weighted by molar-refractivity contribution is 8.01. The van der Waals surface area contributed by atoms with Crippen LogP contribution in [-0.2, 0) is 9.53 Å². The van der Waals surface area contributed by atoms with Crippen molar-refractivity contribution >= 4 is 45.9 Å². The molecular formula is C19H23N5O2S3. The average Bonchev–Trinajstić information content (AvgIpc) is 3.45. The molecule has 3 aliphatic rings. The third kappa shape index (κ3) is 4.17. The van der Waals surface area contributed by atoms with E-state index in [0.29, 0.717) is 22.1 Å². The minimum absolute atomic E-state index is 0.0276. The fourth-order valence-electron chi connectivity index (χ4n) is 4.30. The lowest BCUT2D eigenvalue weighted by molar-refractivity contribution is -0.113. The summed E-state index contributed by atoms with van der Waals surface area (Å²) in [6.45, 7) is 3.11. The number of fused-ring (bicyclic) bond motifs is 3. The van der Waals surface area contributed by atoms with Crippen LogP contribution in [0.15, 0.2) is 16.4 Å². The van der Waals surface area contributed by atoms with Crippen molar-refractivity contribution in [3.63, 3.8) is 0 Å². The van der Waals surface area contributed by atoms with Crippen molar-refractivity contribution in [1.29, 1.82) is 0 Å². The number of aromatic nitrogens is 4. The van der Waals surface area contributed by atoms with E-state index in [4.69, 9.17) is 4.74 Å². The van der Waals surface area contributed by atoms with Crippen molar-refractivity contribution in [2.45, 2.75) is 66.4 Å². The van der Waals surface area contributed by atoms with Crippen LogP contribution < -0.4 is 5.32 Å². The van der Waals surface area contributed by atoms with Crippen LogP contribution in [0, 0.1) is 5.92 Å². The van der Waals surface area contributed by atoms with Gasteiger partial charge in [-0.3, -0.25) is 10.1 Å². The predicted octanol–water partition coefficient (Wildman–Crippen LogP) is 4.29. The first kappa shape index (κ1) is 19.7. The lowest BCUT2D eigenvalue weighted by Gasteiger charge is -2.29. The van der Waals surface area contributed by atoms with Gasteiger partial charge in [0.05, 0.1) is 5.75 Å². The molecule has 4 atom stereocenters. The molecule has 1 amide bonds. The zero-order valence-electron chi connectivity index (χ0n) is 16.2. The van der Waals surface area contributed by atoms with Crippen molar-refractivity contribution in [2.24, 2.45) is 5.92 Å². The minimum Gasteiger partial charge on any atom is -0.371 e. The Labute approximate surface area is 182 Å². The molecule has 2 aromatic heterocycles. The van der Waals surface area contributed by atoms with Gasteiger partial charge in [-0.15, -0.1) is 22.0 Å². The average molecular weight is 450 g/mol. The summed E-state index contributed by atoms with van der Waals surface area (Å²) in [6, 6.07) is 0. The number of thioether (sulfide) groups is 2. The predicted molar refractivity (Wildman–Crippen MR) is 115 cm³/mol. The molecule has 0 radical (unpaired) electrons. The second kappa shape index (κ2) is 8.49. The van der Waals surface area contributed by atoms with E-state index >= 15 is 0 Å². The molecule has 0 spiro atoms. The Kier molecular flexibility index (Phi) is 5.77. The number of carbonyl (C=O) groups is 1. The first-order valence-corrected chi connectivity index (χ1v) is 12.7. The number of nitrogens with zero attached hydrogens (tertiary/aromatic N) is 4. The molecule has 1 aliphatic carbocycles. The Morgan fingerprint density at radius 3 is 3.10 bits per heavy atom. The lowest BCUT2D eigenvalue weighted by Crippen LogP contribution is -2.21. The number of ether oxygens (including phenoxy) is 1. The highest BCUT2D eigenvalue weighted by atomic mass is 32.2. The number of hydrogen-bond donors (Lipinski definition) is 1. The van der Waals surface area contributed by atoms with E-state index in [1.807, 2.05) is 11.8 Å². The van der Waals surface area contributed by atoms with Crippen molar-refractivity contribution in [3.8, 4) is 0 Å². The molecule has 0 bridgehead atoms. The van der Waals surface area contributed by atoms with E-state index in [1.165, 1.54) is 47.9 Å². The third-order valence-corrected chi connectivity index (χ3v) is 9.04. The topological polar surface area (TPSA) is 89.9 Å². The minimum atomic E-state index is -0.0862. The Bertz CT molecular complexity index is 902. The maximum absolute atomic E-state index is 12.5. The van der Waals surface area contributed by atoms with Gasteiger partial charge in [0.2, 0.25) is 11.0 Å². The van der Waals surface area contributed by atoms with Crippen LogP contribution in [0.25, 0.3) is 0 Å². The standard InChI is InChI=1S/C19H23N5O2S3/c1-10-4-5-11-13(7-10)28-18-15(11)17(20-9-21-18)27-8-14(25)22-19-24-23-16(29-19)12-3-2-6-26-12/h9-13H,2-8H2,1H3,(H,22,24,25). The van der Waals surface area contributed by atoms with E-state index < -0.39 is 0 Å². The number of rotatable bonds is 5. The molecule has 10 heteroatoms. The van der Waals surface area contributed by atoms with Gasteiger partial charge in [0.15, 0.2) is 0 Å². The number of amides is 1. The maximum atomic E-state index is 12.5. The van der Waals surface area contributed by atoms with Gasteiger partial charge in [-0.1, -0.05) is 36.4 Å². The quantitative estimate of drug-likeness (QED) is 0.534. The van der Waals surface area contributed by atoms with E-state index in [9.17, 15) is 4.79 Å². The molecule has 4 unspecified atom stereocenters. The zero-order valence-corrected chi connectivity index (χ0v) is 18.6. The van der Waals surface area contributed by atoms with Crippen LogP contribution in [0.1, 0.15) is 61.6 Å². The van der Waals surface area contributed by atoms with Crippen molar-refractivity contribution in [3.05, 3.63) is 16.9 Å². The van der Waals surface area contributed by atoms with Crippen molar-refractivity contribution in [1.82, 2.24) is 20.2 Å². The molecule has 5 rings (SSSR count). The summed E-state index contributed by atoms with van der Waals surface area (Å²) in [5, 5.41) is 15.2. The summed E-state index contributed by atoms with van der Waals surface area (Å²) >= 11 is 4.79. The first-order chi connectivity index (χ1) is 14.2. The molecule has 1 saturated heterocycles. The van der Waals surface area contributed by atoms with E-state index in [0.717, 1.165) is 40.4 Å². The molecule has 2 aromatic rings. The molecule has 7 nitrogen and oxygen atoms in total. The molecule has 1 N–H and O–H groups in total. The van der Waals surface area contributed by atoms with Gasteiger partial charge in [-0.25, -0.2) is 9.97 Å². The number of carbonyl (C=O) groups excluding carboxylic acids is 1. The van der Waals surface area contributed by atoms with Crippen LogP contribution in [0.5, 0.6) is 0 Å². The molecular weight excluding hydrogens is 426 g/mol. The summed E-state index contributed by atoms with van der Waals surface area (Å²) in [5.41, 5.74) is 1.27. The van der Waals surface area contributed by atoms with Crippen LogP contribution >= 0.6 is 34.9 Å². The zero-order chi connectivity index (χ0) is 19.8. The molecule has 0 aromatic carbocycles. The van der Waals surface area contributed by atoms with Crippen LogP contribution in [0.4, 0.5) is 5.13 Å². The molecule has 2 fully saturated rings. The summed E-state index contributed by atoms with van der Waals surface area (Å²) in [6.07, 6.45) is 7.35. The Morgan fingerprint density at radius 1 is 1.31 bits per heavy atom. The van der Waals surface area contributed by atoms with Gasteiger partial charge >= 0.3 is 0 Å². The maximum Gasteiger partial charge on any atom is 0.236 e. The lowest BCUT2D eigenvalue weighted by atomic mass is 9.80. The Hall–Kier alpha value is -1.23. The van der Waals surface area contributed by atoms with Crippen LogP contribution in [0.2, 0.25) is 0 Å². The fourth-order valence-corrected chi connectivity index (χ4v) is 7.70. The van der Waals surface area contributed by atoms with Gasteiger partial charge in [-0.05, 0) is 31.6 Å². The Balaban J connectivity index is 1.21. The fraction of sp³-hybridized carbons (Fsp3) is 0.632. The molecule has 4 heterocycles. The molecule has 2 aliphatic heterocycles. The van der Waals surface area contributed by atoms with E-state index in [1.54, 1.807) is 6.33 Å². The van der Waals surface area contributed by atoms with Crippen LogP contribution in [0.3, 0.4) is 0 Å². The first-order valence-electron chi connectivity index (χ1n) is 10.1. The van der Waals surface area contributed by atoms with Gasteiger partial charge in [0.25, 0.3) is 0 Å². The monoisotopic (exact) mass is 449 g/mol. The van der Waals surface area contributed by atoms with Gasteiger partial charge < -0.3 is 4.74 Å². The summed E-state index contributed by atoms with van der Waals surface area (Å²) < 4.78 is 5.63. The highest BCUT2D eigenvalue weighted by Crippen LogP contribution is 2.54. The van der Waals surface area contributed by atoms with Crippen molar-refractivity contribution < 1.29 is 9.53 Å². The molecule has 154 valence electrons. The van der Waals surface area contributed by atoms with Gasteiger partial charge in [0, 0.05) is 23.3 Å². The normalized spacial score (nSPS) is 28.2.